The van der Waals surface area contributed by atoms with Crippen LogP contribution in [-0.4, -0.2) is 10.2 Å². The molecule has 1 unspecified atom stereocenters. The molecule has 0 amide bonds. The van der Waals surface area contributed by atoms with Crippen LogP contribution < -0.4 is 5.32 Å². The van der Waals surface area contributed by atoms with E-state index in [1.54, 1.807) is 11.3 Å². The van der Waals surface area contributed by atoms with Crippen LogP contribution in [0, 0.1) is 0 Å². The van der Waals surface area contributed by atoms with E-state index in [4.69, 9.17) is 11.6 Å². The van der Waals surface area contributed by atoms with Gasteiger partial charge in [0.05, 0.1) is 6.04 Å². The fourth-order valence-electron chi connectivity index (χ4n) is 1.47. The highest BCUT2D eigenvalue weighted by molar-refractivity contribution is 7.15. The van der Waals surface area contributed by atoms with E-state index < -0.39 is 0 Å². The van der Waals surface area contributed by atoms with E-state index in [1.807, 2.05) is 24.3 Å². The number of halogens is 1. The Morgan fingerprint density at radius 3 is 2.59 bits per heavy atom. The van der Waals surface area contributed by atoms with E-state index >= 15 is 0 Å². The van der Waals surface area contributed by atoms with Gasteiger partial charge in [-0.05, 0) is 31.0 Å². The van der Waals surface area contributed by atoms with E-state index in [-0.39, 0.29) is 6.04 Å². The van der Waals surface area contributed by atoms with Crippen molar-refractivity contribution in [2.24, 2.45) is 0 Å². The van der Waals surface area contributed by atoms with Crippen molar-refractivity contribution < 1.29 is 0 Å². The third kappa shape index (κ3) is 3.17. The smallest absolute Gasteiger partial charge is 0.206 e. The number of nitrogens with one attached hydrogen (secondary N) is 1. The Kier molecular flexibility index (Phi) is 3.97. The molecule has 0 bridgehead atoms. The van der Waals surface area contributed by atoms with Crippen LogP contribution in [0.3, 0.4) is 0 Å². The number of nitrogens with zero attached hydrogens (tertiary/aromatic N) is 2. The summed E-state index contributed by atoms with van der Waals surface area (Å²) in [6.07, 6.45) is 0.925. The number of anilines is 1. The third-order valence-electron chi connectivity index (χ3n) is 2.48. The minimum atomic E-state index is 0.199. The van der Waals surface area contributed by atoms with Gasteiger partial charge in [0, 0.05) is 5.02 Å². The first kappa shape index (κ1) is 12.3. The van der Waals surface area contributed by atoms with Gasteiger partial charge in [0.25, 0.3) is 0 Å². The molecule has 0 saturated carbocycles. The van der Waals surface area contributed by atoms with Crippen molar-refractivity contribution >= 4 is 28.1 Å². The van der Waals surface area contributed by atoms with Crippen LogP contribution in [0.5, 0.6) is 0 Å². The molecular formula is C12H14ClN3S. The summed E-state index contributed by atoms with van der Waals surface area (Å²) < 4.78 is 0. The van der Waals surface area contributed by atoms with Crippen molar-refractivity contribution in [3.63, 3.8) is 0 Å². The van der Waals surface area contributed by atoms with Crippen LogP contribution in [0.1, 0.15) is 30.5 Å². The SMILES string of the molecule is CCc1nnc(NC(C)c2ccc(Cl)cc2)s1. The van der Waals surface area contributed by atoms with Gasteiger partial charge in [-0.15, -0.1) is 10.2 Å². The van der Waals surface area contributed by atoms with E-state index in [9.17, 15) is 0 Å². The Labute approximate surface area is 110 Å². The predicted molar refractivity (Wildman–Crippen MR) is 72.8 cm³/mol. The minimum Gasteiger partial charge on any atom is -0.354 e. The Bertz CT molecular complexity index is 481. The van der Waals surface area contributed by atoms with Crippen molar-refractivity contribution in [2.45, 2.75) is 26.3 Å². The maximum absolute atomic E-state index is 5.86. The Balaban J connectivity index is 2.05. The van der Waals surface area contributed by atoms with Crippen LogP contribution in [-0.2, 0) is 6.42 Å². The fourth-order valence-corrected chi connectivity index (χ4v) is 2.37. The van der Waals surface area contributed by atoms with Crippen LogP contribution >= 0.6 is 22.9 Å². The zero-order valence-corrected chi connectivity index (χ0v) is 11.3. The highest BCUT2D eigenvalue weighted by Crippen LogP contribution is 2.23. The summed E-state index contributed by atoms with van der Waals surface area (Å²) in [5.74, 6) is 0. The molecule has 1 heterocycles. The lowest BCUT2D eigenvalue weighted by molar-refractivity contribution is 0.870. The molecule has 0 aliphatic carbocycles. The number of benzene rings is 1. The third-order valence-corrected chi connectivity index (χ3v) is 3.73. The molecule has 0 aliphatic heterocycles. The van der Waals surface area contributed by atoms with Gasteiger partial charge in [-0.3, -0.25) is 0 Å². The Morgan fingerprint density at radius 1 is 1.29 bits per heavy atom. The lowest BCUT2D eigenvalue weighted by Crippen LogP contribution is -2.05. The van der Waals surface area contributed by atoms with Crippen LogP contribution in [0.2, 0.25) is 5.02 Å². The average molecular weight is 268 g/mol. The largest absolute Gasteiger partial charge is 0.354 e. The second kappa shape index (κ2) is 5.47. The van der Waals surface area contributed by atoms with E-state index in [1.165, 1.54) is 5.56 Å². The highest BCUT2D eigenvalue weighted by atomic mass is 35.5. The Hall–Kier alpha value is -1.13. The van der Waals surface area contributed by atoms with Gasteiger partial charge >= 0.3 is 0 Å². The molecule has 1 atom stereocenters. The summed E-state index contributed by atoms with van der Waals surface area (Å²) in [6, 6.07) is 8.02. The fraction of sp³-hybridized carbons (Fsp3) is 0.333. The molecule has 2 aromatic rings. The molecule has 1 aromatic heterocycles. The maximum Gasteiger partial charge on any atom is 0.206 e. The van der Waals surface area contributed by atoms with Crippen molar-refractivity contribution in [1.82, 2.24) is 10.2 Å². The summed E-state index contributed by atoms with van der Waals surface area (Å²) in [7, 11) is 0. The molecule has 3 nitrogen and oxygen atoms in total. The molecule has 0 fully saturated rings. The second-order valence-electron chi connectivity index (χ2n) is 3.77. The average Bonchev–Trinajstić information content (AvgIpc) is 2.77. The van der Waals surface area contributed by atoms with Gasteiger partial charge in [-0.25, -0.2) is 0 Å². The standard InChI is InChI=1S/C12H14ClN3S/c1-3-11-15-16-12(17-11)14-8(2)9-4-6-10(13)7-5-9/h4-8H,3H2,1-2H3,(H,14,16). The normalized spacial score (nSPS) is 12.4. The zero-order valence-electron chi connectivity index (χ0n) is 9.77. The molecule has 0 saturated heterocycles. The monoisotopic (exact) mass is 267 g/mol. The van der Waals surface area contributed by atoms with Gasteiger partial charge in [-0.2, -0.15) is 0 Å². The summed E-state index contributed by atoms with van der Waals surface area (Å²) in [5, 5.41) is 14.2. The van der Waals surface area contributed by atoms with Gasteiger partial charge < -0.3 is 5.32 Å². The first-order valence-corrected chi connectivity index (χ1v) is 6.73. The van der Waals surface area contributed by atoms with Gasteiger partial charge in [-0.1, -0.05) is 42.0 Å². The first-order chi connectivity index (χ1) is 8.19. The summed E-state index contributed by atoms with van der Waals surface area (Å²) in [4.78, 5) is 0. The van der Waals surface area contributed by atoms with Crippen molar-refractivity contribution in [1.29, 1.82) is 0 Å². The van der Waals surface area contributed by atoms with Crippen LogP contribution in [0.25, 0.3) is 0 Å². The molecule has 90 valence electrons. The van der Waals surface area contributed by atoms with Crippen molar-refractivity contribution in [3.8, 4) is 0 Å². The Morgan fingerprint density at radius 2 is 2.00 bits per heavy atom. The zero-order chi connectivity index (χ0) is 12.3. The molecule has 5 heteroatoms. The predicted octanol–water partition coefficient (Wildman–Crippen LogP) is 3.93. The number of aryl methyl sites for hydroxylation is 1. The highest BCUT2D eigenvalue weighted by Gasteiger charge is 2.08. The molecule has 0 radical (unpaired) electrons. The van der Waals surface area contributed by atoms with Gasteiger partial charge in [0.1, 0.15) is 5.01 Å². The molecule has 0 spiro atoms. The summed E-state index contributed by atoms with van der Waals surface area (Å²) in [6.45, 7) is 4.17. The molecule has 0 aliphatic rings. The number of rotatable bonds is 4. The van der Waals surface area contributed by atoms with Gasteiger partial charge in [0.15, 0.2) is 0 Å². The molecule has 1 N–H and O–H groups in total. The van der Waals surface area contributed by atoms with E-state index in [0.717, 1.165) is 21.6 Å². The first-order valence-electron chi connectivity index (χ1n) is 5.53. The lowest BCUT2D eigenvalue weighted by atomic mass is 10.1. The van der Waals surface area contributed by atoms with Gasteiger partial charge in [0.2, 0.25) is 5.13 Å². The molecule has 17 heavy (non-hydrogen) atoms. The summed E-state index contributed by atoms with van der Waals surface area (Å²) in [5.41, 5.74) is 1.18. The number of hydrogen-bond acceptors (Lipinski definition) is 4. The number of aromatic nitrogens is 2. The lowest BCUT2D eigenvalue weighted by Gasteiger charge is -2.12. The van der Waals surface area contributed by atoms with Crippen LogP contribution in [0.15, 0.2) is 24.3 Å². The number of hydrogen-bond donors (Lipinski definition) is 1. The molecule has 2 rings (SSSR count). The topological polar surface area (TPSA) is 37.8 Å². The minimum absolute atomic E-state index is 0.199. The molecular weight excluding hydrogens is 254 g/mol. The van der Waals surface area contributed by atoms with Crippen molar-refractivity contribution in [2.75, 3.05) is 5.32 Å². The van der Waals surface area contributed by atoms with Crippen molar-refractivity contribution in [3.05, 3.63) is 39.9 Å². The van der Waals surface area contributed by atoms with Crippen LogP contribution in [0.4, 0.5) is 5.13 Å². The quantitative estimate of drug-likeness (QED) is 0.912. The van der Waals surface area contributed by atoms with E-state index in [2.05, 4.69) is 29.4 Å². The summed E-state index contributed by atoms with van der Waals surface area (Å²) >= 11 is 7.46. The second-order valence-corrected chi connectivity index (χ2v) is 5.27. The molecule has 1 aromatic carbocycles. The maximum atomic E-state index is 5.86. The van der Waals surface area contributed by atoms with E-state index in [0.29, 0.717) is 0 Å².